The average Bonchev–Trinajstić information content (AvgIpc) is 2.50. The highest BCUT2D eigenvalue weighted by molar-refractivity contribution is 9.11. The number of hydrogen-bond donors (Lipinski definition) is 0. The number of benzene rings is 2. The number of fused-ring (bicyclic) bond motifs is 2. The minimum absolute atomic E-state index is 0.236. The maximum Gasteiger partial charge on any atom is 0.513 e. The molecule has 3 aromatic rings. The third-order valence-corrected chi connectivity index (χ3v) is 4.12. The van der Waals surface area contributed by atoms with Gasteiger partial charge in [0.15, 0.2) is 5.75 Å². The molecular formula is C15H10Br2N2O3. The lowest BCUT2D eigenvalue weighted by Crippen LogP contribution is -2.11. The summed E-state index contributed by atoms with van der Waals surface area (Å²) in [6.45, 7) is 1.95. The molecule has 22 heavy (non-hydrogen) atoms. The van der Waals surface area contributed by atoms with Gasteiger partial charge in [-0.2, -0.15) is 0 Å². The molecule has 0 amide bonds. The smallest absolute Gasteiger partial charge is 0.434 e. The third kappa shape index (κ3) is 2.78. The first-order valence-electron chi connectivity index (χ1n) is 6.49. The second-order valence-corrected chi connectivity index (χ2v) is 6.07. The highest BCUT2D eigenvalue weighted by Gasteiger charge is 2.18. The normalized spacial score (nSPS) is 10.9. The number of aromatic nitrogens is 2. The minimum atomic E-state index is -0.776. The number of hydrogen-bond acceptors (Lipinski definition) is 5. The molecule has 7 heteroatoms. The van der Waals surface area contributed by atoms with E-state index in [2.05, 4.69) is 41.8 Å². The molecule has 2 aromatic carbocycles. The van der Waals surface area contributed by atoms with E-state index >= 15 is 0 Å². The molecule has 5 nitrogen and oxygen atoms in total. The Balaban J connectivity index is 2.25. The quantitative estimate of drug-likeness (QED) is 0.334. The Morgan fingerprint density at radius 2 is 1.73 bits per heavy atom. The van der Waals surface area contributed by atoms with Crippen LogP contribution in [-0.4, -0.2) is 22.7 Å². The van der Waals surface area contributed by atoms with Crippen LogP contribution < -0.4 is 4.74 Å². The minimum Gasteiger partial charge on any atom is -0.434 e. The zero-order valence-corrected chi connectivity index (χ0v) is 14.6. The van der Waals surface area contributed by atoms with Crippen molar-refractivity contribution in [2.45, 2.75) is 6.92 Å². The van der Waals surface area contributed by atoms with E-state index in [1.165, 1.54) is 0 Å². The van der Waals surface area contributed by atoms with Gasteiger partial charge in [-0.3, -0.25) is 0 Å². The lowest BCUT2D eigenvalue weighted by atomic mass is 10.2. The van der Waals surface area contributed by atoms with Gasteiger partial charge in [-0.15, -0.1) is 0 Å². The molecule has 0 saturated heterocycles. The zero-order valence-electron chi connectivity index (χ0n) is 11.5. The average molecular weight is 426 g/mol. The number of rotatable bonds is 2. The van der Waals surface area contributed by atoms with Crippen molar-refractivity contribution in [3.8, 4) is 5.75 Å². The van der Waals surface area contributed by atoms with Crippen molar-refractivity contribution < 1.29 is 14.3 Å². The van der Waals surface area contributed by atoms with E-state index in [1.807, 2.05) is 24.3 Å². The van der Waals surface area contributed by atoms with Crippen molar-refractivity contribution in [3.63, 3.8) is 0 Å². The second-order valence-electron chi connectivity index (χ2n) is 4.36. The van der Waals surface area contributed by atoms with Crippen LogP contribution in [0.2, 0.25) is 0 Å². The van der Waals surface area contributed by atoms with Crippen molar-refractivity contribution in [3.05, 3.63) is 39.3 Å². The van der Waals surface area contributed by atoms with E-state index in [0.29, 0.717) is 21.0 Å². The van der Waals surface area contributed by atoms with Gasteiger partial charge < -0.3 is 9.47 Å². The molecule has 0 spiro atoms. The zero-order chi connectivity index (χ0) is 15.7. The maximum absolute atomic E-state index is 11.6. The summed E-state index contributed by atoms with van der Waals surface area (Å²) in [7, 11) is 0. The Bertz CT molecular complexity index is 883. The summed E-state index contributed by atoms with van der Waals surface area (Å²) >= 11 is 6.84. The Labute approximate surface area is 142 Å². The SMILES string of the molecule is CCOC(=O)Oc1c(Br)cc(Br)c2nc3ccccc3nc12. The summed E-state index contributed by atoms with van der Waals surface area (Å²) in [6, 6.07) is 9.26. The second kappa shape index (κ2) is 6.18. The molecule has 0 fully saturated rings. The number of nitrogens with zero attached hydrogens (tertiary/aromatic N) is 2. The number of ether oxygens (including phenoxy) is 2. The Morgan fingerprint density at radius 3 is 2.36 bits per heavy atom. The molecule has 0 unspecified atom stereocenters. The summed E-state index contributed by atoms with van der Waals surface area (Å²) in [5.74, 6) is 0.287. The van der Waals surface area contributed by atoms with Gasteiger partial charge in [0.2, 0.25) is 0 Å². The molecule has 0 N–H and O–H groups in total. The highest BCUT2D eigenvalue weighted by Crippen LogP contribution is 2.37. The lowest BCUT2D eigenvalue weighted by molar-refractivity contribution is 0.104. The topological polar surface area (TPSA) is 61.3 Å². The highest BCUT2D eigenvalue weighted by atomic mass is 79.9. The van der Waals surface area contributed by atoms with Crippen LogP contribution in [0.4, 0.5) is 4.79 Å². The monoisotopic (exact) mass is 424 g/mol. The molecule has 1 heterocycles. The molecule has 0 aliphatic carbocycles. The van der Waals surface area contributed by atoms with Gasteiger partial charge in [-0.05, 0) is 57.0 Å². The predicted octanol–water partition coefficient (Wildman–Crippen LogP) is 4.84. The van der Waals surface area contributed by atoms with Crippen LogP contribution in [-0.2, 0) is 4.74 Å². The van der Waals surface area contributed by atoms with Crippen LogP contribution in [0, 0.1) is 0 Å². The molecule has 0 aliphatic rings. The number of para-hydroxylation sites is 2. The van der Waals surface area contributed by atoms with Crippen LogP contribution >= 0.6 is 31.9 Å². The van der Waals surface area contributed by atoms with Gasteiger partial charge in [-0.1, -0.05) is 12.1 Å². The summed E-state index contributed by atoms with van der Waals surface area (Å²) in [5, 5.41) is 0. The molecule has 3 rings (SSSR count). The van der Waals surface area contributed by atoms with E-state index in [1.54, 1.807) is 13.0 Å². The summed E-state index contributed by atoms with van der Waals surface area (Å²) in [6.07, 6.45) is -0.776. The van der Waals surface area contributed by atoms with Gasteiger partial charge in [0.1, 0.15) is 11.0 Å². The van der Waals surface area contributed by atoms with Gasteiger partial charge in [-0.25, -0.2) is 14.8 Å². The molecule has 0 aliphatic heterocycles. The van der Waals surface area contributed by atoms with Crippen LogP contribution in [0.1, 0.15) is 6.92 Å². The standard InChI is InChI=1S/C15H10Br2N2O3/c1-2-21-15(20)22-14-9(17)7-8(16)12-13(14)19-11-6-4-3-5-10(11)18-12/h3-7H,2H2,1H3. The van der Waals surface area contributed by atoms with E-state index in [0.717, 1.165) is 9.99 Å². The summed E-state index contributed by atoms with van der Waals surface area (Å²) in [5.41, 5.74) is 2.57. The molecule has 0 atom stereocenters. The fraction of sp³-hybridized carbons (Fsp3) is 0.133. The largest absolute Gasteiger partial charge is 0.513 e. The Morgan fingerprint density at radius 1 is 1.09 bits per heavy atom. The van der Waals surface area contributed by atoms with Crippen molar-refractivity contribution in [1.82, 2.24) is 9.97 Å². The number of carbonyl (C=O) groups excluding carboxylic acids is 1. The Hall–Kier alpha value is -1.73. The van der Waals surface area contributed by atoms with E-state index in [9.17, 15) is 4.79 Å². The fourth-order valence-corrected chi connectivity index (χ4v) is 3.32. The van der Waals surface area contributed by atoms with Crippen molar-refractivity contribution >= 4 is 60.1 Å². The first-order chi connectivity index (χ1) is 10.6. The van der Waals surface area contributed by atoms with Crippen molar-refractivity contribution in [2.75, 3.05) is 6.61 Å². The van der Waals surface area contributed by atoms with Crippen molar-refractivity contribution in [2.24, 2.45) is 0 Å². The molecule has 0 radical (unpaired) electrons. The molecule has 0 saturated carbocycles. The van der Waals surface area contributed by atoms with Gasteiger partial charge >= 0.3 is 6.16 Å². The van der Waals surface area contributed by atoms with Crippen molar-refractivity contribution in [1.29, 1.82) is 0 Å². The number of halogens is 2. The first kappa shape index (κ1) is 15.2. The number of carbonyl (C=O) groups is 1. The summed E-state index contributed by atoms with van der Waals surface area (Å²) < 4.78 is 11.4. The van der Waals surface area contributed by atoms with E-state index < -0.39 is 6.16 Å². The fourth-order valence-electron chi connectivity index (χ4n) is 2.01. The van der Waals surface area contributed by atoms with Gasteiger partial charge in [0.05, 0.1) is 22.1 Å². The molecular weight excluding hydrogens is 416 g/mol. The van der Waals surface area contributed by atoms with E-state index in [4.69, 9.17) is 9.47 Å². The van der Waals surface area contributed by atoms with Crippen LogP contribution in [0.3, 0.4) is 0 Å². The van der Waals surface area contributed by atoms with Gasteiger partial charge in [0.25, 0.3) is 0 Å². The Kier molecular flexibility index (Phi) is 4.26. The van der Waals surface area contributed by atoms with E-state index in [-0.39, 0.29) is 12.4 Å². The maximum atomic E-state index is 11.6. The molecule has 1 aromatic heterocycles. The molecule has 0 bridgehead atoms. The summed E-state index contributed by atoms with van der Waals surface area (Å²) in [4.78, 5) is 20.8. The molecule has 112 valence electrons. The van der Waals surface area contributed by atoms with Crippen LogP contribution in [0.15, 0.2) is 39.3 Å². The van der Waals surface area contributed by atoms with Crippen LogP contribution in [0.5, 0.6) is 5.75 Å². The third-order valence-electron chi connectivity index (χ3n) is 2.93. The van der Waals surface area contributed by atoms with Crippen LogP contribution in [0.25, 0.3) is 22.1 Å². The lowest BCUT2D eigenvalue weighted by Gasteiger charge is -2.10. The predicted molar refractivity (Wildman–Crippen MR) is 90.1 cm³/mol. The van der Waals surface area contributed by atoms with Gasteiger partial charge in [0, 0.05) is 4.47 Å². The first-order valence-corrected chi connectivity index (χ1v) is 8.08.